The lowest BCUT2D eigenvalue weighted by Crippen LogP contribution is -2.34. The summed E-state index contributed by atoms with van der Waals surface area (Å²) in [4.78, 5) is 13.5. The lowest BCUT2D eigenvalue weighted by molar-refractivity contribution is -0.114. The Kier molecular flexibility index (Phi) is 5.66. The van der Waals surface area contributed by atoms with Crippen molar-refractivity contribution in [2.24, 2.45) is 17.3 Å². The minimum Gasteiger partial charge on any atom is -0.368 e. The van der Waals surface area contributed by atoms with Gasteiger partial charge < -0.3 is 4.74 Å². The van der Waals surface area contributed by atoms with E-state index in [2.05, 4.69) is 73.9 Å². The Morgan fingerprint density at radius 3 is 2.56 bits per heavy atom. The van der Waals surface area contributed by atoms with Crippen molar-refractivity contribution >= 4 is 23.1 Å². The maximum absolute atomic E-state index is 12.3. The average Bonchev–Trinajstić information content (AvgIpc) is 3.15. The van der Waals surface area contributed by atoms with Gasteiger partial charge in [0, 0.05) is 16.7 Å². The molecule has 1 heterocycles. The van der Waals surface area contributed by atoms with Crippen molar-refractivity contribution in [3.05, 3.63) is 94.6 Å². The molecule has 3 heteroatoms. The first kappa shape index (κ1) is 22.1. The molecule has 174 valence electrons. The predicted octanol–water partition coefficient (Wildman–Crippen LogP) is 7.59. The number of thioether (sulfide) groups is 1. The normalized spacial score (nSPS) is 30.6. The molecule has 0 N–H and O–H groups in total. The van der Waals surface area contributed by atoms with Crippen LogP contribution in [-0.2, 0) is 9.53 Å². The summed E-state index contributed by atoms with van der Waals surface area (Å²) in [5, 5.41) is 0. The zero-order chi connectivity index (χ0) is 23.3. The van der Waals surface area contributed by atoms with E-state index in [1.807, 2.05) is 6.08 Å². The van der Waals surface area contributed by atoms with E-state index in [9.17, 15) is 4.79 Å². The molecule has 34 heavy (non-hydrogen) atoms. The van der Waals surface area contributed by atoms with Gasteiger partial charge >= 0.3 is 0 Å². The van der Waals surface area contributed by atoms with Gasteiger partial charge in [0.05, 0.1) is 6.61 Å². The fourth-order valence-corrected chi connectivity index (χ4v) is 7.38. The third kappa shape index (κ3) is 3.56. The van der Waals surface area contributed by atoms with Gasteiger partial charge in [-0.25, -0.2) is 0 Å². The molecule has 2 aromatic rings. The van der Waals surface area contributed by atoms with Gasteiger partial charge in [-0.2, -0.15) is 0 Å². The molecule has 0 aromatic heterocycles. The van der Waals surface area contributed by atoms with Gasteiger partial charge in [-0.05, 0) is 95.4 Å². The van der Waals surface area contributed by atoms with E-state index >= 15 is 0 Å². The molecule has 1 fully saturated rings. The Bertz CT molecular complexity index is 1200. The summed E-state index contributed by atoms with van der Waals surface area (Å²) in [6.07, 6.45) is 11.2. The largest absolute Gasteiger partial charge is 0.368 e. The summed E-state index contributed by atoms with van der Waals surface area (Å²) >= 11 is 1.77. The molecule has 6 rings (SSSR count). The number of benzene rings is 2. The summed E-state index contributed by atoms with van der Waals surface area (Å²) < 4.78 is 6.96. The second kappa shape index (κ2) is 8.70. The molecular formula is C31H32O2S. The minimum absolute atomic E-state index is 0.0164. The van der Waals surface area contributed by atoms with Crippen molar-refractivity contribution in [3.63, 3.8) is 0 Å². The molecule has 1 saturated heterocycles. The van der Waals surface area contributed by atoms with Crippen LogP contribution in [-0.4, -0.2) is 18.6 Å². The second-order valence-electron chi connectivity index (χ2n) is 10.4. The third-order valence-corrected chi connectivity index (χ3v) is 9.39. The van der Waals surface area contributed by atoms with E-state index in [1.54, 1.807) is 11.8 Å². The monoisotopic (exact) mass is 468 g/mol. The Hall–Kier alpha value is -2.36. The van der Waals surface area contributed by atoms with Crippen LogP contribution in [0.3, 0.4) is 0 Å². The van der Waals surface area contributed by atoms with Gasteiger partial charge in [0.25, 0.3) is 0 Å². The molecule has 0 bridgehead atoms. The summed E-state index contributed by atoms with van der Waals surface area (Å²) in [6.45, 7) is 3.15. The molecule has 2 aromatic carbocycles. The molecule has 4 unspecified atom stereocenters. The van der Waals surface area contributed by atoms with E-state index in [4.69, 9.17) is 4.74 Å². The van der Waals surface area contributed by atoms with Crippen LogP contribution in [0.15, 0.2) is 88.4 Å². The summed E-state index contributed by atoms with van der Waals surface area (Å²) in [6, 6.07) is 19.8. The maximum atomic E-state index is 12.3. The smallest absolute Gasteiger partial charge is 0.156 e. The van der Waals surface area contributed by atoms with E-state index in [0.29, 0.717) is 18.3 Å². The first-order valence-electron chi connectivity index (χ1n) is 12.6. The van der Waals surface area contributed by atoms with Gasteiger partial charge in [0.15, 0.2) is 5.78 Å². The quantitative estimate of drug-likeness (QED) is 0.434. The van der Waals surface area contributed by atoms with Crippen LogP contribution in [0.2, 0.25) is 0 Å². The molecule has 0 spiro atoms. The minimum atomic E-state index is -0.0349. The SMILES string of the molecule is CSc1ccc(C2OCC3(C)C(c4ccccc4)=CCC3C3CCC4=CC(=O)CCC4=C23)cc1. The van der Waals surface area contributed by atoms with Crippen LogP contribution in [0, 0.1) is 17.3 Å². The van der Waals surface area contributed by atoms with E-state index in [-0.39, 0.29) is 17.3 Å². The number of carbonyl (C=O) groups excluding carboxylic acids is 1. The Balaban J connectivity index is 1.48. The highest BCUT2D eigenvalue weighted by atomic mass is 32.2. The van der Waals surface area contributed by atoms with Crippen LogP contribution in [0.5, 0.6) is 0 Å². The van der Waals surface area contributed by atoms with Gasteiger partial charge in [0.2, 0.25) is 0 Å². The van der Waals surface area contributed by atoms with Crippen molar-refractivity contribution in [1.82, 2.24) is 0 Å². The van der Waals surface area contributed by atoms with Gasteiger partial charge in [-0.1, -0.05) is 55.5 Å². The van der Waals surface area contributed by atoms with Crippen LogP contribution in [0.1, 0.15) is 56.3 Å². The second-order valence-corrected chi connectivity index (χ2v) is 11.3. The van der Waals surface area contributed by atoms with Crippen molar-refractivity contribution in [2.75, 3.05) is 12.9 Å². The number of carbonyl (C=O) groups is 1. The zero-order valence-corrected chi connectivity index (χ0v) is 20.9. The van der Waals surface area contributed by atoms with Crippen LogP contribution < -0.4 is 0 Å². The van der Waals surface area contributed by atoms with Crippen molar-refractivity contribution in [1.29, 1.82) is 0 Å². The fraction of sp³-hybridized carbons (Fsp3) is 0.387. The Morgan fingerprint density at radius 1 is 1.00 bits per heavy atom. The highest BCUT2D eigenvalue weighted by molar-refractivity contribution is 7.98. The van der Waals surface area contributed by atoms with E-state index < -0.39 is 0 Å². The topological polar surface area (TPSA) is 26.3 Å². The van der Waals surface area contributed by atoms with E-state index in [1.165, 1.54) is 38.3 Å². The van der Waals surface area contributed by atoms with Crippen molar-refractivity contribution in [3.8, 4) is 0 Å². The first-order valence-corrected chi connectivity index (χ1v) is 13.8. The zero-order valence-electron chi connectivity index (χ0n) is 20.1. The lowest BCUT2D eigenvalue weighted by atomic mass is 9.62. The number of fused-ring (bicyclic) bond motifs is 4. The molecule has 4 aliphatic rings. The molecule has 1 aliphatic heterocycles. The number of allylic oxidation sites excluding steroid dienone is 4. The van der Waals surface area contributed by atoms with Crippen LogP contribution in [0.4, 0.5) is 0 Å². The van der Waals surface area contributed by atoms with Gasteiger partial charge in [-0.3, -0.25) is 4.79 Å². The maximum Gasteiger partial charge on any atom is 0.156 e. The van der Waals surface area contributed by atoms with E-state index in [0.717, 1.165) is 32.3 Å². The molecule has 0 saturated carbocycles. The van der Waals surface area contributed by atoms with Crippen LogP contribution >= 0.6 is 11.8 Å². The molecule has 0 radical (unpaired) electrons. The average molecular weight is 469 g/mol. The predicted molar refractivity (Wildman–Crippen MR) is 140 cm³/mol. The molecular weight excluding hydrogens is 436 g/mol. The number of ketones is 1. The Labute approximate surface area is 207 Å². The number of ether oxygens (including phenoxy) is 1. The number of rotatable bonds is 3. The summed E-state index contributed by atoms with van der Waals surface area (Å²) in [5.41, 5.74) is 8.17. The molecule has 2 nitrogen and oxygen atoms in total. The summed E-state index contributed by atoms with van der Waals surface area (Å²) in [5.74, 6) is 1.29. The molecule has 0 amide bonds. The lowest BCUT2D eigenvalue weighted by Gasteiger charge is -2.41. The molecule has 3 aliphatic carbocycles. The van der Waals surface area contributed by atoms with Gasteiger partial charge in [0.1, 0.15) is 6.10 Å². The first-order chi connectivity index (χ1) is 16.6. The van der Waals surface area contributed by atoms with Crippen molar-refractivity contribution in [2.45, 2.75) is 50.0 Å². The summed E-state index contributed by atoms with van der Waals surface area (Å²) in [7, 11) is 0. The standard InChI is InChI=1S/C31H32O2S/c1-31-19-33-30(21-8-12-24(34-2)13-9-21)29-25-15-11-23(32)18-22(25)10-14-26(29)28(31)17-16-27(31)20-6-4-3-5-7-20/h3-9,12-13,16,18,26,28,30H,10-11,14-15,17,19H2,1-2H3. The highest BCUT2D eigenvalue weighted by Crippen LogP contribution is 2.60. The Morgan fingerprint density at radius 2 is 1.79 bits per heavy atom. The fourth-order valence-electron chi connectivity index (χ4n) is 6.97. The van der Waals surface area contributed by atoms with Crippen molar-refractivity contribution < 1.29 is 9.53 Å². The van der Waals surface area contributed by atoms with Crippen LogP contribution in [0.25, 0.3) is 5.57 Å². The highest BCUT2D eigenvalue weighted by Gasteiger charge is 2.52. The molecule has 4 atom stereocenters. The van der Waals surface area contributed by atoms with Gasteiger partial charge in [-0.15, -0.1) is 11.8 Å². The number of hydrogen-bond donors (Lipinski definition) is 0. The number of hydrogen-bond acceptors (Lipinski definition) is 3. The third-order valence-electron chi connectivity index (χ3n) is 8.65.